The van der Waals surface area contributed by atoms with Crippen molar-refractivity contribution in [2.24, 2.45) is 0 Å². The number of aromatic nitrogens is 3. The van der Waals surface area contributed by atoms with E-state index in [2.05, 4.69) is 26.8 Å². The van der Waals surface area contributed by atoms with Crippen molar-refractivity contribution in [2.75, 3.05) is 56.8 Å². The third kappa shape index (κ3) is 8.13. The van der Waals surface area contributed by atoms with Crippen LogP contribution in [0.4, 0.5) is 38.3 Å². The van der Waals surface area contributed by atoms with E-state index in [9.17, 15) is 4.79 Å². The van der Waals surface area contributed by atoms with Crippen LogP contribution in [-0.2, 0) is 24.0 Å². The Balaban J connectivity index is 1.14. The number of carbonyl (C=O) groups excluding carboxylic acids is 1. The number of rotatable bonds is 11. The minimum Gasteiger partial charge on any atom is -0.497 e. The van der Waals surface area contributed by atoms with Crippen LogP contribution in [0.25, 0.3) is 22.2 Å². The van der Waals surface area contributed by atoms with Crippen molar-refractivity contribution in [3.8, 4) is 34.6 Å². The molecule has 0 aliphatic carbocycles. The molecule has 70 heavy (non-hydrogen) atoms. The first-order chi connectivity index (χ1) is 33.2. The van der Waals surface area contributed by atoms with Gasteiger partial charge in [0.25, 0.3) is 0 Å². The predicted octanol–water partition coefficient (Wildman–Crippen LogP) is 9.16. The number of anilines is 2. The van der Waals surface area contributed by atoms with E-state index in [4.69, 9.17) is 28.7 Å². The lowest BCUT2D eigenvalue weighted by Crippen LogP contribution is -2.60. The van der Waals surface area contributed by atoms with Gasteiger partial charge in [0.15, 0.2) is 17.3 Å². The zero-order chi connectivity index (χ0) is 49.7. The number of nitrogens with zero attached hydrogens (tertiary/aromatic N) is 7. The number of nitrogens with one attached hydrogen (secondary N) is 1. The van der Waals surface area contributed by atoms with Gasteiger partial charge in [-0.25, -0.2) is 18.6 Å². The maximum atomic E-state index is 18.0. The van der Waals surface area contributed by atoms with Crippen LogP contribution < -0.4 is 34.1 Å². The van der Waals surface area contributed by atoms with Crippen molar-refractivity contribution in [1.29, 1.82) is 0 Å². The summed E-state index contributed by atoms with van der Waals surface area (Å²) in [5.74, 6) is -1.31. The maximum absolute atomic E-state index is 18.0. The molecule has 1 amide bonds. The topological polar surface area (TPSA) is 137 Å². The van der Waals surface area contributed by atoms with Crippen molar-refractivity contribution in [3.63, 3.8) is 0 Å². The number of fused-ring (bicyclic) bond motifs is 2. The second-order valence-electron chi connectivity index (χ2n) is 19.9. The SMILES string of the molecule is C=C1CN2CCCC2(COc2nc3c4c(nc(-c5cc(N(Cc6ccc(OC)cc6)Cc6ccc(OC)cc6)c(F)c(C)c5C(F)(F)F)c(F)c4n2)O[C@@H](C)[C@]24NC2N(C(=O)OC(C)(C)C)CCN34)C1. The molecule has 1 N–H and O–H groups in total. The number of pyridine rings is 1. The molecule has 10 rings (SSSR count). The molecule has 5 aliphatic heterocycles. The molecule has 4 atom stereocenters. The van der Waals surface area contributed by atoms with Gasteiger partial charge in [-0.05, 0) is 107 Å². The van der Waals surface area contributed by atoms with Crippen molar-refractivity contribution in [3.05, 3.63) is 101 Å². The number of methoxy groups -OCH3 is 2. The molecule has 2 unspecified atom stereocenters. The second kappa shape index (κ2) is 17.1. The van der Waals surface area contributed by atoms with Gasteiger partial charge in [-0.1, -0.05) is 36.4 Å². The molecular formula is C51H55F5N8O6. The molecule has 2 aromatic heterocycles. The lowest BCUT2D eigenvalue weighted by Gasteiger charge is -2.41. The van der Waals surface area contributed by atoms with E-state index in [1.54, 1.807) is 86.0 Å². The number of piperazine rings is 1. The Bertz CT molecular complexity index is 2850. The van der Waals surface area contributed by atoms with Gasteiger partial charge in [-0.2, -0.15) is 23.1 Å². The zero-order valence-electron chi connectivity index (χ0n) is 40.1. The molecule has 4 saturated heterocycles. The molecule has 370 valence electrons. The van der Waals surface area contributed by atoms with Crippen LogP contribution in [0, 0.1) is 18.6 Å². The van der Waals surface area contributed by atoms with E-state index >= 15 is 22.0 Å². The van der Waals surface area contributed by atoms with Crippen LogP contribution in [0.2, 0.25) is 0 Å². The predicted molar refractivity (Wildman–Crippen MR) is 251 cm³/mol. The van der Waals surface area contributed by atoms with Gasteiger partial charge in [0.2, 0.25) is 5.88 Å². The Kier molecular flexibility index (Phi) is 11.6. The van der Waals surface area contributed by atoms with E-state index in [0.717, 1.165) is 37.9 Å². The Morgan fingerprint density at radius 3 is 2.21 bits per heavy atom. The number of amides is 1. The normalized spacial score (nSPS) is 22.8. The smallest absolute Gasteiger partial charge is 0.417 e. The monoisotopic (exact) mass is 970 g/mol. The first-order valence-electron chi connectivity index (χ1n) is 23.3. The molecule has 14 nitrogen and oxygen atoms in total. The standard InChI is InChI=1S/C51H55F5N8O6/c1-28-23-49(18-9-19-62(49)24-28)27-68-46-58-42-37-43(59-46)64-21-20-63(47(65)70-48(4,5)6)45-50(64,60-45)30(3)69-44(37)57-41(40(42)53)35-22-36(39(52)29(2)38(35)51(54,55)56)61(25-31-10-14-33(66-7)15-11-31)26-32-12-16-34(67-8)17-13-32/h10-17,22,30,45,60H,1,9,18-21,23-27H2,2-8H3/t30-,45?,49?,50+/m0/s1. The molecule has 1 spiro atoms. The molecule has 3 aromatic carbocycles. The number of hydrogen-bond donors (Lipinski definition) is 1. The number of benzene rings is 3. The molecule has 0 saturated carbocycles. The van der Waals surface area contributed by atoms with Gasteiger partial charge in [0.05, 0.1) is 31.0 Å². The second-order valence-corrected chi connectivity index (χ2v) is 19.9. The van der Waals surface area contributed by atoms with Crippen LogP contribution in [0.15, 0.2) is 66.7 Å². The van der Waals surface area contributed by atoms with E-state index in [0.29, 0.717) is 35.6 Å². The lowest BCUT2D eigenvalue weighted by atomic mass is 9.94. The van der Waals surface area contributed by atoms with Crippen molar-refractivity contribution in [2.45, 2.75) is 102 Å². The highest BCUT2D eigenvalue weighted by Gasteiger charge is 2.70. The quantitative estimate of drug-likeness (QED) is 0.0766. The summed E-state index contributed by atoms with van der Waals surface area (Å²) in [5, 5.41) is 3.41. The first-order valence-corrected chi connectivity index (χ1v) is 23.3. The zero-order valence-corrected chi connectivity index (χ0v) is 40.1. The van der Waals surface area contributed by atoms with Gasteiger partial charge in [0.1, 0.15) is 58.4 Å². The van der Waals surface area contributed by atoms with Gasteiger partial charge in [-0.3, -0.25) is 15.1 Å². The minimum absolute atomic E-state index is 0.00125. The van der Waals surface area contributed by atoms with Gasteiger partial charge < -0.3 is 33.5 Å². The molecule has 0 radical (unpaired) electrons. The number of ether oxygens (including phenoxy) is 5. The summed E-state index contributed by atoms with van der Waals surface area (Å²) < 4.78 is 111. The average Bonchev–Trinajstić information content (AvgIpc) is 3.88. The summed E-state index contributed by atoms with van der Waals surface area (Å²) >= 11 is 0. The molecule has 0 bridgehead atoms. The van der Waals surface area contributed by atoms with E-state index in [1.807, 2.05) is 4.90 Å². The summed E-state index contributed by atoms with van der Waals surface area (Å²) in [4.78, 5) is 35.0. The van der Waals surface area contributed by atoms with Gasteiger partial charge in [0, 0.05) is 38.3 Å². The molecule has 7 heterocycles. The highest BCUT2D eigenvalue weighted by molar-refractivity contribution is 5.98. The summed E-state index contributed by atoms with van der Waals surface area (Å²) in [6.07, 6.45) is -4.83. The maximum Gasteiger partial charge on any atom is 0.417 e. The molecule has 19 heteroatoms. The Morgan fingerprint density at radius 1 is 0.943 bits per heavy atom. The van der Waals surface area contributed by atoms with Gasteiger partial charge in [-0.15, -0.1) is 0 Å². The van der Waals surface area contributed by atoms with E-state index < -0.39 is 75.3 Å². The summed E-state index contributed by atoms with van der Waals surface area (Å²) in [6, 6.07) is 14.8. The lowest BCUT2D eigenvalue weighted by molar-refractivity contribution is -0.137. The minimum atomic E-state index is -5.18. The molecular weight excluding hydrogens is 916 g/mol. The first kappa shape index (κ1) is 47.2. The fraction of sp³-hybridized carbons (Fsp3) is 0.451. The number of alkyl halides is 3. The Hall–Kier alpha value is -6.47. The van der Waals surface area contributed by atoms with E-state index in [1.165, 1.54) is 14.2 Å². The summed E-state index contributed by atoms with van der Waals surface area (Å²) in [6.45, 7) is 14.4. The summed E-state index contributed by atoms with van der Waals surface area (Å²) in [7, 11) is 3.05. The molecule has 5 aliphatic rings. The molecule has 5 aromatic rings. The number of hydrogen-bond acceptors (Lipinski definition) is 13. The third-order valence-corrected chi connectivity index (χ3v) is 14.2. The highest BCUT2D eigenvalue weighted by Crippen LogP contribution is 2.52. The van der Waals surface area contributed by atoms with Crippen LogP contribution in [0.3, 0.4) is 0 Å². The number of halogens is 5. The van der Waals surface area contributed by atoms with Crippen molar-refractivity contribution in [1.82, 2.24) is 30.1 Å². The van der Waals surface area contributed by atoms with Gasteiger partial charge >= 0.3 is 18.3 Å². The Morgan fingerprint density at radius 2 is 1.60 bits per heavy atom. The van der Waals surface area contributed by atoms with Crippen molar-refractivity contribution >= 4 is 28.5 Å². The average molecular weight is 971 g/mol. The summed E-state index contributed by atoms with van der Waals surface area (Å²) in [5.41, 5.74) is -4.20. The van der Waals surface area contributed by atoms with E-state index in [-0.39, 0.29) is 67.1 Å². The van der Waals surface area contributed by atoms with Crippen LogP contribution in [-0.4, -0.2) is 107 Å². The number of carbonyl (C=O) groups is 1. The van der Waals surface area contributed by atoms with Crippen LogP contribution in [0.1, 0.15) is 69.2 Å². The molecule has 4 fully saturated rings. The fourth-order valence-electron chi connectivity index (χ4n) is 10.8. The van der Waals surface area contributed by atoms with Crippen molar-refractivity contribution < 1.29 is 50.4 Å². The Labute approximate surface area is 402 Å². The highest BCUT2D eigenvalue weighted by atomic mass is 19.4. The van der Waals surface area contributed by atoms with Crippen LogP contribution >= 0.6 is 0 Å². The largest absolute Gasteiger partial charge is 0.497 e. The fourth-order valence-corrected chi connectivity index (χ4v) is 10.8. The van der Waals surface area contributed by atoms with Crippen LogP contribution in [0.5, 0.6) is 23.4 Å². The third-order valence-electron chi connectivity index (χ3n) is 14.2.